The molecule has 2 rings (SSSR count). The number of hydrogen-bond donors (Lipinski definition) is 1. The second-order valence-electron chi connectivity index (χ2n) is 3.69. The predicted molar refractivity (Wildman–Crippen MR) is 76.0 cm³/mol. The van der Waals surface area contributed by atoms with Crippen molar-refractivity contribution in [3.8, 4) is 0 Å². The quantitative estimate of drug-likeness (QED) is 0.515. The van der Waals surface area contributed by atoms with Crippen LogP contribution in [0.3, 0.4) is 0 Å². The Bertz CT molecular complexity index is 812. The average molecular weight is 349 g/mol. The molecule has 0 radical (unpaired) electrons. The van der Waals surface area contributed by atoms with Gasteiger partial charge in [0.1, 0.15) is 10.7 Å². The number of nitro benzene ring substituents is 1. The van der Waals surface area contributed by atoms with Crippen molar-refractivity contribution >= 4 is 44.7 Å². The van der Waals surface area contributed by atoms with Crippen LogP contribution in [0.4, 0.5) is 11.5 Å². The maximum Gasteiger partial charge on any atom is 0.271 e. The van der Waals surface area contributed by atoms with Crippen molar-refractivity contribution in [2.75, 3.05) is 4.72 Å². The molecule has 0 amide bonds. The van der Waals surface area contributed by atoms with Gasteiger partial charge in [-0.2, -0.15) is 4.98 Å². The number of anilines is 1. The average Bonchev–Trinajstić information content (AvgIpc) is 2.37. The molecule has 1 aromatic heterocycles. The number of nitrogens with one attached hydrogen (secondary N) is 1. The summed E-state index contributed by atoms with van der Waals surface area (Å²) >= 11 is 11.3. The van der Waals surface area contributed by atoms with Crippen LogP contribution in [0.1, 0.15) is 0 Å². The van der Waals surface area contributed by atoms with E-state index in [4.69, 9.17) is 23.2 Å². The van der Waals surface area contributed by atoms with Gasteiger partial charge in [-0.3, -0.25) is 14.8 Å². The molecule has 0 atom stereocenters. The second kappa shape index (κ2) is 5.80. The van der Waals surface area contributed by atoms with E-state index in [2.05, 4.69) is 14.7 Å². The van der Waals surface area contributed by atoms with Crippen LogP contribution in [0.25, 0.3) is 0 Å². The molecule has 0 saturated heterocycles. The highest BCUT2D eigenvalue weighted by atomic mass is 35.5. The van der Waals surface area contributed by atoms with Crippen molar-refractivity contribution < 1.29 is 13.3 Å². The molecule has 0 fully saturated rings. The fourth-order valence-electron chi connectivity index (χ4n) is 1.41. The summed E-state index contributed by atoms with van der Waals surface area (Å²) in [4.78, 5) is 16.9. The molecule has 2 aromatic rings. The van der Waals surface area contributed by atoms with Crippen LogP contribution in [0, 0.1) is 10.1 Å². The topological polar surface area (TPSA) is 115 Å². The first-order chi connectivity index (χ1) is 9.79. The first kappa shape index (κ1) is 15.4. The van der Waals surface area contributed by atoms with Gasteiger partial charge in [-0.1, -0.05) is 11.6 Å². The minimum atomic E-state index is -4.06. The normalized spacial score (nSPS) is 11.1. The largest absolute Gasteiger partial charge is 0.271 e. The summed E-state index contributed by atoms with van der Waals surface area (Å²) in [6.07, 6.45) is 1.27. The Kier molecular flexibility index (Phi) is 4.26. The molecule has 0 spiro atoms. The first-order valence-corrected chi connectivity index (χ1v) is 7.49. The van der Waals surface area contributed by atoms with Gasteiger partial charge in [0, 0.05) is 18.3 Å². The van der Waals surface area contributed by atoms with Gasteiger partial charge in [0.15, 0.2) is 0 Å². The standard InChI is InChI=1S/C10H6Cl2N4O4S/c11-7-5-6(16(17)18)1-2-8(7)21(19,20)15-9-3-4-13-10(12)14-9/h1-5H,(H,13,14,15). The molecule has 1 N–H and O–H groups in total. The van der Waals surface area contributed by atoms with E-state index in [1.54, 1.807) is 0 Å². The van der Waals surface area contributed by atoms with Gasteiger partial charge in [0.2, 0.25) is 5.28 Å². The monoisotopic (exact) mass is 348 g/mol. The molecule has 0 unspecified atom stereocenters. The Morgan fingerprint density at radius 1 is 1.24 bits per heavy atom. The van der Waals surface area contributed by atoms with E-state index in [-0.39, 0.29) is 26.7 Å². The van der Waals surface area contributed by atoms with Crippen molar-refractivity contribution in [1.82, 2.24) is 9.97 Å². The van der Waals surface area contributed by atoms with Gasteiger partial charge >= 0.3 is 0 Å². The van der Waals surface area contributed by atoms with Crippen LogP contribution < -0.4 is 4.72 Å². The molecule has 110 valence electrons. The smallest absolute Gasteiger partial charge is 0.263 e. The van der Waals surface area contributed by atoms with Gasteiger partial charge in [0.05, 0.1) is 9.95 Å². The summed E-state index contributed by atoms with van der Waals surface area (Å²) in [5, 5.41) is 10.2. The highest BCUT2D eigenvalue weighted by Gasteiger charge is 2.21. The minimum Gasteiger partial charge on any atom is -0.263 e. The number of sulfonamides is 1. The summed E-state index contributed by atoms with van der Waals surface area (Å²) in [6, 6.07) is 4.31. The van der Waals surface area contributed by atoms with Crippen LogP contribution in [0.2, 0.25) is 10.3 Å². The predicted octanol–water partition coefficient (Wildman–Crippen LogP) is 2.49. The zero-order valence-electron chi connectivity index (χ0n) is 10.0. The van der Waals surface area contributed by atoms with E-state index >= 15 is 0 Å². The summed E-state index contributed by atoms with van der Waals surface area (Å²) in [5.41, 5.74) is -0.316. The number of nitro groups is 1. The lowest BCUT2D eigenvalue weighted by atomic mass is 10.3. The highest BCUT2D eigenvalue weighted by Crippen LogP contribution is 2.27. The number of aromatic nitrogens is 2. The van der Waals surface area contributed by atoms with E-state index in [1.807, 2.05) is 0 Å². The van der Waals surface area contributed by atoms with Gasteiger partial charge in [-0.05, 0) is 23.7 Å². The van der Waals surface area contributed by atoms with E-state index in [1.165, 1.54) is 12.3 Å². The number of hydrogen-bond acceptors (Lipinski definition) is 6. The van der Waals surface area contributed by atoms with Gasteiger partial charge < -0.3 is 0 Å². The second-order valence-corrected chi connectivity index (χ2v) is 6.08. The Morgan fingerprint density at radius 3 is 2.52 bits per heavy atom. The molecule has 21 heavy (non-hydrogen) atoms. The lowest BCUT2D eigenvalue weighted by Gasteiger charge is -2.08. The number of halogens is 2. The zero-order chi connectivity index (χ0) is 15.6. The number of nitrogens with zero attached hydrogens (tertiary/aromatic N) is 3. The van der Waals surface area contributed by atoms with Crippen molar-refractivity contribution in [3.63, 3.8) is 0 Å². The molecule has 0 bridgehead atoms. The Labute approximate surface area is 128 Å². The Hall–Kier alpha value is -1.97. The van der Waals surface area contributed by atoms with Crippen molar-refractivity contribution in [3.05, 3.63) is 50.9 Å². The van der Waals surface area contributed by atoms with Crippen molar-refractivity contribution in [1.29, 1.82) is 0 Å². The van der Waals surface area contributed by atoms with Crippen LogP contribution >= 0.6 is 23.2 Å². The Morgan fingerprint density at radius 2 is 1.95 bits per heavy atom. The summed E-state index contributed by atoms with van der Waals surface area (Å²) < 4.78 is 26.4. The number of non-ortho nitro benzene ring substituents is 1. The molecule has 0 aliphatic heterocycles. The van der Waals surface area contributed by atoms with Gasteiger partial charge in [0.25, 0.3) is 15.7 Å². The molecule has 0 aliphatic rings. The SMILES string of the molecule is O=[N+]([O-])c1ccc(S(=O)(=O)Nc2ccnc(Cl)n2)c(Cl)c1. The first-order valence-electron chi connectivity index (χ1n) is 5.25. The Balaban J connectivity index is 2.38. The molecule has 11 heteroatoms. The van der Waals surface area contributed by atoms with Crippen molar-refractivity contribution in [2.24, 2.45) is 0 Å². The highest BCUT2D eigenvalue weighted by molar-refractivity contribution is 7.92. The summed E-state index contributed by atoms with van der Waals surface area (Å²) in [5.74, 6) is -0.0515. The molecule has 0 saturated carbocycles. The third-order valence-electron chi connectivity index (χ3n) is 2.28. The summed E-state index contributed by atoms with van der Waals surface area (Å²) in [7, 11) is -4.06. The lowest BCUT2D eigenvalue weighted by molar-refractivity contribution is -0.384. The van der Waals surface area contributed by atoms with E-state index in [9.17, 15) is 18.5 Å². The molecular weight excluding hydrogens is 343 g/mol. The molecule has 8 nitrogen and oxygen atoms in total. The van der Waals surface area contributed by atoms with Crippen LogP contribution in [0.5, 0.6) is 0 Å². The number of benzene rings is 1. The lowest BCUT2D eigenvalue weighted by Crippen LogP contribution is -2.14. The summed E-state index contributed by atoms with van der Waals surface area (Å²) in [6.45, 7) is 0. The molecule has 1 aromatic carbocycles. The van der Waals surface area contributed by atoms with Crippen LogP contribution in [-0.4, -0.2) is 23.3 Å². The molecular formula is C10H6Cl2N4O4S. The minimum absolute atomic E-state index is 0.0515. The number of rotatable bonds is 4. The van der Waals surface area contributed by atoms with Crippen LogP contribution in [0.15, 0.2) is 35.4 Å². The zero-order valence-corrected chi connectivity index (χ0v) is 12.4. The van der Waals surface area contributed by atoms with Crippen molar-refractivity contribution in [2.45, 2.75) is 4.90 Å². The maximum absolute atomic E-state index is 12.1. The fourth-order valence-corrected chi connectivity index (χ4v) is 3.09. The van der Waals surface area contributed by atoms with E-state index < -0.39 is 14.9 Å². The third kappa shape index (κ3) is 3.57. The molecule has 0 aliphatic carbocycles. The van der Waals surface area contributed by atoms with E-state index in [0.29, 0.717) is 0 Å². The maximum atomic E-state index is 12.1. The van der Waals surface area contributed by atoms with Crippen LogP contribution in [-0.2, 0) is 10.0 Å². The third-order valence-corrected chi connectivity index (χ3v) is 4.30. The van der Waals surface area contributed by atoms with Gasteiger partial charge in [-0.15, -0.1) is 0 Å². The molecule has 1 heterocycles. The fraction of sp³-hybridized carbons (Fsp3) is 0. The van der Waals surface area contributed by atoms with Gasteiger partial charge in [-0.25, -0.2) is 13.4 Å². The van der Waals surface area contributed by atoms with E-state index in [0.717, 1.165) is 18.2 Å².